The Hall–Kier alpha value is -2.62. The Kier molecular flexibility index (Phi) is 6.98. The number of carbonyl (C=O) groups is 1. The molecule has 7 nitrogen and oxygen atoms in total. The van der Waals surface area contributed by atoms with Crippen molar-refractivity contribution in [3.8, 4) is 11.6 Å². The average molecular weight is 488 g/mol. The number of nitrogens with zero attached hydrogens (tertiary/aromatic N) is 5. The fourth-order valence-electron chi connectivity index (χ4n) is 3.16. The van der Waals surface area contributed by atoms with Crippen LogP contribution in [0.3, 0.4) is 0 Å². The van der Waals surface area contributed by atoms with E-state index in [0.29, 0.717) is 39.1 Å². The van der Waals surface area contributed by atoms with E-state index in [-0.39, 0.29) is 5.91 Å². The number of carbonyl (C=O) groups excluding carboxylic acids is 1. The first-order chi connectivity index (χ1) is 15.4. The summed E-state index contributed by atoms with van der Waals surface area (Å²) in [7, 11) is 0. The van der Waals surface area contributed by atoms with Gasteiger partial charge in [0.25, 0.3) is 0 Å². The molecule has 4 aromatic rings. The summed E-state index contributed by atoms with van der Waals surface area (Å²) < 4.78 is 7.61. The number of hydrogen-bond donors (Lipinski definition) is 0. The highest BCUT2D eigenvalue weighted by atomic mass is 35.5. The quantitative estimate of drug-likeness (QED) is 0.272. The second-order valence-corrected chi connectivity index (χ2v) is 9.75. The SMILES string of the molecule is CC(=O)N(c1cccc(Cl)c1)c1nc(CSc2nnc(-c3ccco3)n2CC(C)C)cs1. The molecule has 0 aliphatic rings. The molecule has 0 atom stereocenters. The van der Waals surface area contributed by atoms with Gasteiger partial charge in [0.15, 0.2) is 21.9 Å². The van der Waals surface area contributed by atoms with Crippen LogP contribution in [-0.4, -0.2) is 25.7 Å². The summed E-state index contributed by atoms with van der Waals surface area (Å²) in [6, 6.07) is 10.9. The summed E-state index contributed by atoms with van der Waals surface area (Å²) in [6.07, 6.45) is 1.63. The van der Waals surface area contributed by atoms with Gasteiger partial charge >= 0.3 is 0 Å². The number of hydrogen-bond acceptors (Lipinski definition) is 7. The van der Waals surface area contributed by atoms with Crippen LogP contribution in [0.15, 0.2) is 57.6 Å². The van der Waals surface area contributed by atoms with Crippen LogP contribution in [0.5, 0.6) is 0 Å². The number of rotatable bonds is 8. The third-order valence-electron chi connectivity index (χ3n) is 4.47. The molecule has 1 amide bonds. The lowest BCUT2D eigenvalue weighted by Crippen LogP contribution is -2.22. The summed E-state index contributed by atoms with van der Waals surface area (Å²) >= 11 is 9.09. The van der Waals surface area contributed by atoms with E-state index < -0.39 is 0 Å². The fourth-order valence-corrected chi connectivity index (χ4v) is 5.18. The Bertz CT molecular complexity index is 1200. The van der Waals surface area contributed by atoms with Crippen molar-refractivity contribution in [1.29, 1.82) is 0 Å². The van der Waals surface area contributed by atoms with Crippen LogP contribution in [0.2, 0.25) is 5.02 Å². The minimum atomic E-state index is -0.124. The van der Waals surface area contributed by atoms with Crippen LogP contribution in [0.1, 0.15) is 26.5 Å². The second-order valence-electron chi connectivity index (χ2n) is 7.53. The molecule has 0 saturated carbocycles. The van der Waals surface area contributed by atoms with Gasteiger partial charge in [0.2, 0.25) is 5.91 Å². The van der Waals surface area contributed by atoms with Crippen molar-refractivity contribution >= 4 is 51.4 Å². The lowest BCUT2D eigenvalue weighted by molar-refractivity contribution is -0.115. The van der Waals surface area contributed by atoms with Crippen LogP contribution >= 0.6 is 34.7 Å². The van der Waals surface area contributed by atoms with Gasteiger partial charge in [0.1, 0.15) is 0 Å². The summed E-state index contributed by atoms with van der Waals surface area (Å²) in [4.78, 5) is 18.6. The zero-order valence-corrected chi connectivity index (χ0v) is 20.2. The highest BCUT2D eigenvalue weighted by molar-refractivity contribution is 7.98. The van der Waals surface area contributed by atoms with Crippen molar-refractivity contribution in [3.05, 3.63) is 58.8 Å². The number of aromatic nitrogens is 4. The molecule has 0 aliphatic carbocycles. The van der Waals surface area contributed by atoms with Gasteiger partial charge in [-0.05, 0) is 36.2 Å². The van der Waals surface area contributed by atoms with Gasteiger partial charge < -0.3 is 4.42 Å². The molecule has 0 unspecified atom stereocenters. The molecule has 3 heterocycles. The van der Waals surface area contributed by atoms with Crippen LogP contribution in [-0.2, 0) is 17.1 Å². The highest BCUT2D eigenvalue weighted by Gasteiger charge is 2.20. The summed E-state index contributed by atoms with van der Waals surface area (Å²) in [5.41, 5.74) is 1.56. The minimum absolute atomic E-state index is 0.124. The Balaban J connectivity index is 1.54. The standard InChI is InChI=1S/C22H22ClN5O2S2/c1-14(2)11-27-20(19-8-5-9-30-19)25-26-22(27)32-13-17-12-31-21(24-17)28(15(3)29)18-7-4-6-16(23)10-18/h4-10,12,14H,11,13H2,1-3H3. The largest absolute Gasteiger partial charge is 0.461 e. The molecule has 0 radical (unpaired) electrons. The monoisotopic (exact) mass is 487 g/mol. The van der Waals surface area contributed by atoms with Gasteiger partial charge in [-0.3, -0.25) is 14.3 Å². The highest BCUT2D eigenvalue weighted by Crippen LogP contribution is 2.33. The van der Waals surface area contributed by atoms with Gasteiger partial charge in [-0.25, -0.2) is 4.98 Å². The van der Waals surface area contributed by atoms with E-state index in [1.807, 2.05) is 29.6 Å². The van der Waals surface area contributed by atoms with Gasteiger partial charge in [-0.2, -0.15) is 0 Å². The molecule has 0 fully saturated rings. The first kappa shape index (κ1) is 22.6. The molecule has 0 bridgehead atoms. The molecule has 1 aromatic carbocycles. The number of benzene rings is 1. The predicted molar refractivity (Wildman–Crippen MR) is 129 cm³/mol. The maximum absolute atomic E-state index is 12.3. The van der Waals surface area contributed by atoms with Crippen molar-refractivity contribution in [2.75, 3.05) is 4.90 Å². The van der Waals surface area contributed by atoms with Crippen molar-refractivity contribution < 1.29 is 9.21 Å². The van der Waals surface area contributed by atoms with E-state index >= 15 is 0 Å². The van der Waals surface area contributed by atoms with E-state index in [4.69, 9.17) is 16.0 Å². The Morgan fingerprint density at radius 1 is 1.28 bits per heavy atom. The van der Waals surface area contributed by atoms with Crippen LogP contribution < -0.4 is 4.90 Å². The minimum Gasteiger partial charge on any atom is -0.461 e. The molecule has 4 rings (SSSR count). The van der Waals surface area contributed by atoms with E-state index in [9.17, 15) is 4.79 Å². The first-order valence-corrected chi connectivity index (χ1v) is 12.3. The normalized spacial score (nSPS) is 11.3. The van der Waals surface area contributed by atoms with Crippen molar-refractivity contribution in [2.45, 2.75) is 38.2 Å². The Labute approximate surface area is 199 Å². The summed E-state index contributed by atoms with van der Waals surface area (Å²) in [5.74, 6) is 2.31. The molecule has 0 aliphatic heterocycles. The molecule has 3 aromatic heterocycles. The van der Waals surface area contributed by atoms with Crippen molar-refractivity contribution in [3.63, 3.8) is 0 Å². The van der Waals surface area contributed by atoms with Crippen molar-refractivity contribution in [1.82, 2.24) is 19.7 Å². The first-order valence-electron chi connectivity index (χ1n) is 10.0. The summed E-state index contributed by atoms with van der Waals surface area (Å²) in [6.45, 7) is 6.60. The zero-order chi connectivity index (χ0) is 22.7. The van der Waals surface area contributed by atoms with E-state index in [2.05, 4.69) is 33.6 Å². The number of amides is 1. The van der Waals surface area contributed by atoms with E-state index in [0.717, 1.165) is 17.4 Å². The zero-order valence-electron chi connectivity index (χ0n) is 17.9. The molecule has 0 saturated heterocycles. The van der Waals surface area contributed by atoms with Gasteiger partial charge in [0, 0.05) is 29.6 Å². The summed E-state index contributed by atoms with van der Waals surface area (Å²) in [5, 5.41) is 12.7. The molecule has 0 spiro atoms. The smallest absolute Gasteiger partial charge is 0.230 e. The number of furan rings is 1. The number of anilines is 2. The average Bonchev–Trinajstić information content (AvgIpc) is 3.47. The van der Waals surface area contributed by atoms with Crippen molar-refractivity contribution in [2.24, 2.45) is 5.92 Å². The van der Waals surface area contributed by atoms with Crippen LogP contribution in [0.25, 0.3) is 11.6 Å². The third-order valence-corrected chi connectivity index (χ3v) is 6.58. The van der Waals surface area contributed by atoms with Gasteiger partial charge in [0.05, 0.1) is 17.6 Å². The van der Waals surface area contributed by atoms with Crippen LogP contribution in [0, 0.1) is 5.92 Å². The predicted octanol–water partition coefficient (Wildman–Crippen LogP) is 6.28. The fraction of sp³-hybridized carbons (Fsp3) is 0.273. The topological polar surface area (TPSA) is 77.1 Å². The van der Waals surface area contributed by atoms with Gasteiger partial charge in [-0.15, -0.1) is 21.5 Å². The number of thioether (sulfide) groups is 1. The van der Waals surface area contributed by atoms with E-state index in [1.165, 1.54) is 18.3 Å². The third kappa shape index (κ3) is 5.06. The number of halogens is 1. The molecule has 0 N–H and O–H groups in total. The number of thiazole rings is 1. The lowest BCUT2D eigenvalue weighted by Gasteiger charge is -2.18. The maximum Gasteiger partial charge on any atom is 0.230 e. The Morgan fingerprint density at radius 2 is 2.12 bits per heavy atom. The van der Waals surface area contributed by atoms with Gasteiger partial charge in [-0.1, -0.05) is 43.3 Å². The lowest BCUT2D eigenvalue weighted by atomic mass is 10.2. The second kappa shape index (κ2) is 9.89. The molecule has 32 heavy (non-hydrogen) atoms. The molecule has 10 heteroatoms. The van der Waals surface area contributed by atoms with E-state index in [1.54, 1.807) is 35.1 Å². The molecular weight excluding hydrogens is 466 g/mol. The maximum atomic E-state index is 12.3. The van der Waals surface area contributed by atoms with Crippen LogP contribution in [0.4, 0.5) is 10.8 Å². The molecule has 166 valence electrons. The Morgan fingerprint density at radius 3 is 2.81 bits per heavy atom. The molecular formula is C22H22ClN5O2S2.